The van der Waals surface area contributed by atoms with Gasteiger partial charge in [0.05, 0.1) is 12.7 Å². The van der Waals surface area contributed by atoms with Gasteiger partial charge in [0.2, 0.25) is 0 Å². The van der Waals surface area contributed by atoms with E-state index in [1.807, 2.05) is 65.6 Å². The smallest absolute Gasteiger partial charge is 0.257 e. The van der Waals surface area contributed by atoms with Gasteiger partial charge in [0.25, 0.3) is 5.91 Å². The molecule has 0 spiro atoms. The molecule has 1 aliphatic heterocycles. The Kier molecular flexibility index (Phi) is 6.63. The normalized spacial score (nSPS) is 13.7. The Morgan fingerprint density at radius 3 is 2.26 bits per heavy atom. The number of nitrogens with zero attached hydrogens (tertiary/aromatic N) is 2. The summed E-state index contributed by atoms with van der Waals surface area (Å²) in [6, 6.07) is 23.0. The van der Waals surface area contributed by atoms with Gasteiger partial charge in [-0.05, 0) is 54.1 Å². The molecule has 3 aromatic carbocycles. The zero-order valence-electron chi connectivity index (χ0n) is 17.5. The van der Waals surface area contributed by atoms with E-state index < -0.39 is 0 Å². The van der Waals surface area contributed by atoms with Gasteiger partial charge in [-0.2, -0.15) is 0 Å². The molecule has 160 valence electrons. The second-order valence-corrected chi connectivity index (χ2v) is 7.83. The van der Waals surface area contributed by atoms with Crippen LogP contribution in [0.5, 0.6) is 11.5 Å². The van der Waals surface area contributed by atoms with Gasteiger partial charge in [0.15, 0.2) is 0 Å². The molecular formula is C25H25ClN2O3. The summed E-state index contributed by atoms with van der Waals surface area (Å²) in [7, 11) is 1.66. The molecule has 1 aliphatic rings. The van der Waals surface area contributed by atoms with E-state index in [-0.39, 0.29) is 5.91 Å². The van der Waals surface area contributed by atoms with Crippen LogP contribution in [0.3, 0.4) is 0 Å². The van der Waals surface area contributed by atoms with E-state index in [1.54, 1.807) is 7.11 Å². The quantitative estimate of drug-likeness (QED) is 0.551. The van der Waals surface area contributed by atoms with Crippen molar-refractivity contribution in [2.75, 3.05) is 38.2 Å². The highest BCUT2D eigenvalue weighted by Crippen LogP contribution is 2.24. The molecule has 1 saturated heterocycles. The summed E-state index contributed by atoms with van der Waals surface area (Å²) in [5, 5.41) is 0.688. The van der Waals surface area contributed by atoms with Crippen molar-refractivity contribution >= 4 is 23.2 Å². The minimum Gasteiger partial charge on any atom is -0.497 e. The third-order valence-electron chi connectivity index (χ3n) is 5.43. The molecule has 0 saturated carbocycles. The SMILES string of the molecule is COc1ccc(N2CCN(C(=O)c3ccccc3OCc3ccc(Cl)cc3)CC2)cc1. The zero-order valence-corrected chi connectivity index (χ0v) is 18.2. The first-order valence-electron chi connectivity index (χ1n) is 10.3. The van der Waals surface area contributed by atoms with Crippen molar-refractivity contribution in [2.45, 2.75) is 6.61 Å². The molecule has 0 N–H and O–H groups in total. The molecule has 0 atom stereocenters. The Labute approximate surface area is 187 Å². The number of piperazine rings is 1. The number of anilines is 1. The predicted molar refractivity (Wildman–Crippen MR) is 123 cm³/mol. The number of hydrogen-bond acceptors (Lipinski definition) is 4. The molecule has 6 heteroatoms. The molecule has 0 unspecified atom stereocenters. The van der Waals surface area contributed by atoms with Crippen LogP contribution in [0, 0.1) is 0 Å². The lowest BCUT2D eigenvalue weighted by molar-refractivity contribution is 0.0742. The van der Waals surface area contributed by atoms with Crippen molar-refractivity contribution in [1.82, 2.24) is 4.90 Å². The van der Waals surface area contributed by atoms with Crippen LogP contribution >= 0.6 is 11.6 Å². The van der Waals surface area contributed by atoms with Gasteiger partial charge in [-0.15, -0.1) is 0 Å². The summed E-state index contributed by atoms with van der Waals surface area (Å²) in [4.78, 5) is 17.4. The van der Waals surface area contributed by atoms with Crippen molar-refractivity contribution in [3.63, 3.8) is 0 Å². The molecule has 5 nitrogen and oxygen atoms in total. The van der Waals surface area contributed by atoms with Crippen molar-refractivity contribution in [3.05, 3.63) is 88.9 Å². The summed E-state index contributed by atoms with van der Waals surface area (Å²) in [5.41, 5.74) is 2.73. The topological polar surface area (TPSA) is 42.0 Å². The fraction of sp³-hybridized carbons (Fsp3) is 0.240. The molecule has 1 fully saturated rings. The van der Waals surface area contributed by atoms with Crippen LogP contribution in [0.25, 0.3) is 0 Å². The lowest BCUT2D eigenvalue weighted by Crippen LogP contribution is -2.48. The summed E-state index contributed by atoms with van der Waals surface area (Å²) >= 11 is 5.94. The minimum absolute atomic E-state index is 0.00101. The number of para-hydroxylation sites is 1. The number of rotatable bonds is 6. The van der Waals surface area contributed by atoms with E-state index >= 15 is 0 Å². The third-order valence-corrected chi connectivity index (χ3v) is 5.68. The first-order valence-corrected chi connectivity index (χ1v) is 10.7. The number of carbonyl (C=O) groups excluding carboxylic acids is 1. The van der Waals surface area contributed by atoms with E-state index in [1.165, 1.54) is 0 Å². The Balaban J connectivity index is 1.39. The van der Waals surface area contributed by atoms with Crippen LogP contribution in [0.1, 0.15) is 15.9 Å². The molecule has 0 aliphatic carbocycles. The van der Waals surface area contributed by atoms with Crippen LogP contribution < -0.4 is 14.4 Å². The van der Waals surface area contributed by atoms with Gasteiger partial charge in [-0.1, -0.05) is 35.9 Å². The maximum Gasteiger partial charge on any atom is 0.257 e. The van der Waals surface area contributed by atoms with Gasteiger partial charge in [0.1, 0.15) is 18.1 Å². The fourth-order valence-corrected chi connectivity index (χ4v) is 3.77. The molecule has 0 bridgehead atoms. The number of benzene rings is 3. The van der Waals surface area contributed by atoms with E-state index in [4.69, 9.17) is 21.1 Å². The number of hydrogen-bond donors (Lipinski definition) is 0. The lowest BCUT2D eigenvalue weighted by atomic mass is 10.1. The second-order valence-electron chi connectivity index (χ2n) is 7.39. The minimum atomic E-state index is 0.00101. The van der Waals surface area contributed by atoms with E-state index in [0.717, 1.165) is 30.1 Å². The number of carbonyl (C=O) groups is 1. The highest BCUT2D eigenvalue weighted by atomic mass is 35.5. The average Bonchev–Trinajstić information content (AvgIpc) is 2.83. The fourth-order valence-electron chi connectivity index (χ4n) is 3.64. The maximum absolute atomic E-state index is 13.2. The predicted octanol–water partition coefficient (Wildman–Crippen LogP) is 4.89. The number of ether oxygens (including phenoxy) is 2. The second kappa shape index (κ2) is 9.75. The van der Waals surface area contributed by atoms with Crippen molar-refractivity contribution in [3.8, 4) is 11.5 Å². The van der Waals surface area contributed by atoms with E-state index in [0.29, 0.717) is 36.0 Å². The van der Waals surface area contributed by atoms with E-state index in [9.17, 15) is 4.79 Å². The Morgan fingerprint density at radius 1 is 0.903 bits per heavy atom. The number of methoxy groups -OCH3 is 1. The maximum atomic E-state index is 13.2. The van der Waals surface area contributed by atoms with Gasteiger partial charge >= 0.3 is 0 Å². The number of halogens is 1. The molecule has 1 amide bonds. The first kappa shape index (κ1) is 21.1. The summed E-state index contributed by atoms with van der Waals surface area (Å²) in [5.74, 6) is 1.44. The average molecular weight is 437 g/mol. The Morgan fingerprint density at radius 2 is 1.58 bits per heavy atom. The van der Waals surface area contributed by atoms with Gasteiger partial charge in [-0.25, -0.2) is 0 Å². The van der Waals surface area contributed by atoms with Crippen LogP contribution in [-0.2, 0) is 6.61 Å². The highest BCUT2D eigenvalue weighted by molar-refractivity contribution is 6.30. The van der Waals surface area contributed by atoms with Crippen molar-refractivity contribution in [2.24, 2.45) is 0 Å². The van der Waals surface area contributed by atoms with Gasteiger partial charge < -0.3 is 19.3 Å². The van der Waals surface area contributed by atoms with Crippen LogP contribution in [0.15, 0.2) is 72.8 Å². The first-order chi connectivity index (χ1) is 15.1. The molecule has 1 heterocycles. The van der Waals surface area contributed by atoms with E-state index in [2.05, 4.69) is 17.0 Å². The van der Waals surface area contributed by atoms with Crippen LogP contribution in [0.4, 0.5) is 5.69 Å². The van der Waals surface area contributed by atoms with Gasteiger partial charge in [-0.3, -0.25) is 4.79 Å². The Bertz CT molecular complexity index is 1010. The molecule has 0 aromatic heterocycles. The highest BCUT2D eigenvalue weighted by Gasteiger charge is 2.24. The molecule has 3 aromatic rings. The molecule has 31 heavy (non-hydrogen) atoms. The van der Waals surface area contributed by atoms with Crippen LogP contribution in [-0.4, -0.2) is 44.1 Å². The van der Waals surface area contributed by atoms with Crippen molar-refractivity contribution in [1.29, 1.82) is 0 Å². The zero-order chi connectivity index (χ0) is 21.6. The Hall–Kier alpha value is -3.18. The lowest BCUT2D eigenvalue weighted by Gasteiger charge is -2.36. The third kappa shape index (κ3) is 5.12. The molecule has 4 rings (SSSR count). The summed E-state index contributed by atoms with van der Waals surface area (Å²) < 4.78 is 11.2. The van der Waals surface area contributed by atoms with Crippen LogP contribution in [0.2, 0.25) is 5.02 Å². The summed E-state index contributed by atoms with van der Waals surface area (Å²) in [6.45, 7) is 3.28. The van der Waals surface area contributed by atoms with Crippen molar-refractivity contribution < 1.29 is 14.3 Å². The molecule has 0 radical (unpaired) electrons. The molecular weight excluding hydrogens is 412 g/mol. The summed E-state index contributed by atoms with van der Waals surface area (Å²) in [6.07, 6.45) is 0. The largest absolute Gasteiger partial charge is 0.497 e. The number of amides is 1. The standard InChI is InChI=1S/C25H25ClN2O3/c1-30-22-12-10-21(11-13-22)27-14-16-28(17-15-27)25(29)23-4-2-3-5-24(23)31-18-19-6-8-20(26)9-7-19/h2-13H,14-18H2,1H3. The monoisotopic (exact) mass is 436 g/mol. The van der Waals surface area contributed by atoms with Gasteiger partial charge in [0, 0.05) is 36.9 Å².